The minimum Gasteiger partial charge on any atom is -0.316 e. The Morgan fingerprint density at radius 3 is 2.52 bits per heavy atom. The van der Waals surface area contributed by atoms with Crippen LogP contribution in [-0.2, 0) is 16.6 Å². The number of sulfonamides is 1. The lowest BCUT2D eigenvalue weighted by Gasteiger charge is -2.16. The number of rotatable bonds is 10. The Labute approximate surface area is 129 Å². The first-order valence-electron chi connectivity index (χ1n) is 7.77. The lowest BCUT2D eigenvalue weighted by atomic mass is 10.00. The molecule has 1 aromatic rings. The van der Waals surface area contributed by atoms with Crippen LogP contribution in [0.25, 0.3) is 0 Å². The van der Waals surface area contributed by atoms with E-state index in [0.717, 1.165) is 31.2 Å². The molecule has 0 fully saturated rings. The number of unbranched alkanes of at least 4 members (excludes halogenated alkanes) is 1. The van der Waals surface area contributed by atoms with Crippen molar-refractivity contribution in [3.05, 3.63) is 29.8 Å². The van der Waals surface area contributed by atoms with Crippen molar-refractivity contribution >= 4 is 10.0 Å². The van der Waals surface area contributed by atoms with Crippen LogP contribution in [-0.4, -0.2) is 22.0 Å². The highest BCUT2D eigenvalue weighted by molar-refractivity contribution is 7.89. The molecule has 1 rings (SSSR count). The molecular weight excluding hydrogens is 284 g/mol. The average molecular weight is 312 g/mol. The van der Waals surface area contributed by atoms with Gasteiger partial charge in [0.15, 0.2) is 0 Å². The van der Waals surface area contributed by atoms with E-state index in [1.165, 1.54) is 0 Å². The van der Waals surface area contributed by atoms with Gasteiger partial charge in [-0.2, -0.15) is 0 Å². The summed E-state index contributed by atoms with van der Waals surface area (Å²) in [6.07, 6.45) is 4.37. The van der Waals surface area contributed by atoms with Crippen molar-refractivity contribution in [2.75, 3.05) is 13.6 Å². The number of benzene rings is 1. The van der Waals surface area contributed by atoms with Crippen LogP contribution in [0.3, 0.4) is 0 Å². The molecule has 120 valence electrons. The fourth-order valence-corrected chi connectivity index (χ4v) is 3.70. The van der Waals surface area contributed by atoms with Crippen LogP contribution in [0, 0.1) is 5.92 Å². The van der Waals surface area contributed by atoms with Crippen LogP contribution >= 0.6 is 0 Å². The Hall–Kier alpha value is -0.910. The van der Waals surface area contributed by atoms with Gasteiger partial charge >= 0.3 is 0 Å². The Morgan fingerprint density at radius 1 is 1.19 bits per heavy atom. The minimum atomic E-state index is -3.43. The molecular formula is C16H28N2O2S. The molecule has 0 bridgehead atoms. The maximum atomic E-state index is 12.5. The van der Waals surface area contributed by atoms with Crippen LogP contribution in [0.1, 0.15) is 45.1 Å². The molecule has 0 radical (unpaired) electrons. The van der Waals surface area contributed by atoms with E-state index in [0.29, 0.717) is 23.9 Å². The van der Waals surface area contributed by atoms with E-state index in [4.69, 9.17) is 0 Å². The second-order valence-electron chi connectivity index (χ2n) is 5.41. The maximum absolute atomic E-state index is 12.5. The highest BCUT2D eigenvalue weighted by Crippen LogP contribution is 2.17. The average Bonchev–Trinajstić information content (AvgIpc) is 2.48. The summed E-state index contributed by atoms with van der Waals surface area (Å²) < 4.78 is 27.7. The van der Waals surface area contributed by atoms with E-state index in [-0.39, 0.29) is 0 Å². The van der Waals surface area contributed by atoms with Crippen molar-refractivity contribution in [3.63, 3.8) is 0 Å². The van der Waals surface area contributed by atoms with Gasteiger partial charge in [0.25, 0.3) is 0 Å². The van der Waals surface area contributed by atoms with Gasteiger partial charge in [-0.3, -0.25) is 0 Å². The Balaban J connectivity index is 2.77. The van der Waals surface area contributed by atoms with Gasteiger partial charge < -0.3 is 5.32 Å². The third kappa shape index (κ3) is 5.77. The van der Waals surface area contributed by atoms with Crippen molar-refractivity contribution in [2.45, 2.75) is 51.0 Å². The van der Waals surface area contributed by atoms with Crippen LogP contribution in [0.2, 0.25) is 0 Å². The molecule has 1 aromatic carbocycles. The Morgan fingerprint density at radius 2 is 1.90 bits per heavy atom. The van der Waals surface area contributed by atoms with Gasteiger partial charge in [0.2, 0.25) is 10.0 Å². The lowest BCUT2D eigenvalue weighted by Crippen LogP contribution is -2.30. The van der Waals surface area contributed by atoms with Crippen molar-refractivity contribution in [1.82, 2.24) is 10.0 Å². The molecule has 0 aromatic heterocycles. The van der Waals surface area contributed by atoms with Gasteiger partial charge in [0, 0.05) is 13.1 Å². The van der Waals surface area contributed by atoms with E-state index in [1.807, 2.05) is 19.2 Å². The molecule has 0 aliphatic rings. The molecule has 0 spiro atoms. The summed E-state index contributed by atoms with van der Waals surface area (Å²) in [6.45, 7) is 5.34. The smallest absolute Gasteiger partial charge is 0.240 e. The fourth-order valence-electron chi connectivity index (χ4n) is 2.35. The molecule has 4 nitrogen and oxygen atoms in total. The molecule has 0 saturated heterocycles. The van der Waals surface area contributed by atoms with Gasteiger partial charge in [0.05, 0.1) is 4.90 Å². The van der Waals surface area contributed by atoms with Gasteiger partial charge in [-0.25, -0.2) is 13.1 Å². The van der Waals surface area contributed by atoms with Crippen LogP contribution in [0.15, 0.2) is 29.2 Å². The normalized spacial score (nSPS) is 13.3. The first kappa shape index (κ1) is 18.1. The zero-order chi connectivity index (χ0) is 15.7. The molecule has 0 heterocycles. The standard InChI is InChI=1S/C16H28N2O2S/c1-4-6-9-14(5-2)12-18-21(19,20)16-11-8-7-10-15(16)13-17-3/h7-8,10-11,14,17-18H,4-6,9,12-13H2,1-3H3. The molecule has 5 heteroatoms. The van der Waals surface area contributed by atoms with Crippen molar-refractivity contribution < 1.29 is 8.42 Å². The number of hydrogen-bond acceptors (Lipinski definition) is 3. The molecule has 0 amide bonds. The summed E-state index contributed by atoms with van der Waals surface area (Å²) in [4.78, 5) is 0.379. The van der Waals surface area contributed by atoms with Gasteiger partial charge in [0.1, 0.15) is 0 Å². The molecule has 0 saturated carbocycles. The van der Waals surface area contributed by atoms with Crippen molar-refractivity contribution in [1.29, 1.82) is 0 Å². The predicted molar refractivity (Wildman–Crippen MR) is 87.7 cm³/mol. The van der Waals surface area contributed by atoms with Gasteiger partial charge in [-0.05, 0) is 31.0 Å². The van der Waals surface area contributed by atoms with E-state index < -0.39 is 10.0 Å². The monoisotopic (exact) mass is 312 g/mol. The van der Waals surface area contributed by atoms with E-state index in [1.54, 1.807) is 12.1 Å². The number of nitrogens with one attached hydrogen (secondary N) is 2. The van der Waals surface area contributed by atoms with Crippen LogP contribution < -0.4 is 10.0 Å². The number of hydrogen-bond donors (Lipinski definition) is 2. The highest BCUT2D eigenvalue weighted by atomic mass is 32.2. The second-order valence-corrected chi connectivity index (χ2v) is 7.14. The minimum absolute atomic E-state index is 0.379. The molecule has 1 unspecified atom stereocenters. The molecule has 1 atom stereocenters. The fraction of sp³-hybridized carbons (Fsp3) is 0.625. The zero-order valence-corrected chi connectivity index (χ0v) is 14.2. The zero-order valence-electron chi connectivity index (χ0n) is 13.4. The summed E-state index contributed by atoms with van der Waals surface area (Å²) in [6, 6.07) is 7.14. The maximum Gasteiger partial charge on any atom is 0.240 e. The summed E-state index contributed by atoms with van der Waals surface area (Å²) in [5.74, 6) is 0.413. The Bertz CT molecular complexity index is 515. The topological polar surface area (TPSA) is 58.2 Å². The lowest BCUT2D eigenvalue weighted by molar-refractivity contribution is 0.443. The molecule has 0 aliphatic heterocycles. The SMILES string of the molecule is CCCCC(CC)CNS(=O)(=O)c1ccccc1CNC. The van der Waals surface area contributed by atoms with Gasteiger partial charge in [-0.15, -0.1) is 0 Å². The summed E-state index contributed by atoms with van der Waals surface area (Å²) in [5.41, 5.74) is 0.800. The van der Waals surface area contributed by atoms with Crippen molar-refractivity contribution in [3.8, 4) is 0 Å². The van der Waals surface area contributed by atoms with Crippen molar-refractivity contribution in [2.24, 2.45) is 5.92 Å². The van der Waals surface area contributed by atoms with E-state index in [2.05, 4.69) is 23.9 Å². The van der Waals surface area contributed by atoms with E-state index in [9.17, 15) is 8.42 Å². The van der Waals surface area contributed by atoms with E-state index >= 15 is 0 Å². The largest absolute Gasteiger partial charge is 0.316 e. The predicted octanol–water partition coefficient (Wildman–Crippen LogP) is 2.90. The quantitative estimate of drug-likeness (QED) is 0.698. The molecule has 0 aliphatic carbocycles. The summed E-state index contributed by atoms with van der Waals surface area (Å²) >= 11 is 0. The third-order valence-corrected chi connectivity index (χ3v) is 5.26. The first-order chi connectivity index (χ1) is 10.0. The summed E-state index contributed by atoms with van der Waals surface area (Å²) in [7, 11) is -1.62. The Kier molecular flexibility index (Phi) is 7.93. The van der Waals surface area contributed by atoms with Crippen LogP contribution in [0.5, 0.6) is 0 Å². The molecule has 2 N–H and O–H groups in total. The van der Waals surface area contributed by atoms with Gasteiger partial charge in [-0.1, -0.05) is 51.3 Å². The first-order valence-corrected chi connectivity index (χ1v) is 9.25. The molecule has 21 heavy (non-hydrogen) atoms. The van der Waals surface area contributed by atoms with Crippen LogP contribution in [0.4, 0.5) is 0 Å². The highest BCUT2D eigenvalue weighted by Gasteiger charge is 2.19. The third-order valence-electron chi connectivity index (χ3n) is 3.73. The summed E-state index contributed by atoms with van der Waals surface area (Å²) in [5, 5.41) is 3.01. The second kappa shape index (κ2) is 9.18.